The first-order chi connectivity index (χ1) is 6.52. The Morgan fingerprint density at radius 1 is 1.50 bits per heavy atom. The number of halogens is 4. The Morgan fingerprint density at radius 2 is 2.21 bits per heavy atom. The fourth-order valence-electron chi connectivity index (χ4n) is 0.759. The molecule has 1 aromatic heterocycles. The van der Waals surface area contributed by atoms with Crippen molar-refractivity contribution in [2.75, 3.05) is 6.54 Å². The molecule has 0 saturated heterocycles. The van der Waals surface area contributed by atoms with Crippen LogP contribution in [0.25, 0.3) is 0 Å². The van der Waals surface area contributed by atoms with E-state index in [-0.39, 0.29) is 6.54 Å². The monoisotopic (exact) mass is 212 g/mol. The van der Waals surface area contributed by atoms with E-state index in [0.29, 0.717) is 5.76 Å². The van der Waals surface area contributed by atoms with Crippen molar-refractivity contribution in [3.8, 4) is 0 Å². The zero-order chi connectivity index (χ0) is 10.6. The Balaban J connectivity index is 2.28. The minimum atomic E-state index is -4.01. The maximum absolute atomic E-state index is 12.3. The minimum Gasteiger partial charge on any atom is -0.447 e. The summed E-state index contributed by atoms with van der Waals surface area (Å²) < 4.78 is 52.6. The molecule has 0 aliphatic rings. The third kappa shape index (κ3) is 2.99. The SMILES string of the molecule is FC(F)C(F)(F)CNCc1cnco1. The average molecular weight is 212 g/mol. The zero-order valence-corrected chi connectivity index (χ0v) is 7.01. The smallest absolute Gasteiger partial charge is 0.319 e. The summed E-state index contributed by atoms with van der Waals surface area (Å²) in [5.41, 5.74) is 0. The van der Waals surface area contributed by atoms with Crippen molar-refractivity contribution in [2.45, 2.75) is 18.9 Å². The van der Waals surface area contributed by atoms with Crippen molar-refractivity contribution in [2.24, 2.45) is 0 Å². The summed E-state index contributed by atoms with van der Waals surface area (Å²) in [7, 11) is 0. The van der Waals surface area contributed by atoms with Crippen LogP contribution in [0.2, 0.25) is 0 Å². The number of nitrogens with zero attached hydrogens (tertiary/aromatic N) is 1. The molecule has 0 saturated carbocycles. The molecule has 0 aliphatic carbocycles. The zero-order valence-electron chi connectivity index (χ0n) is 7.01. The lowest BCUT2D eigenvalue weighted by molar-refractivity contribution is -0.125. The molecule has 1 rings (SSSR count). The predicted octanol–water partition coefficient (Wildman–Crippen LogP) is 1.66. The molecule has 0 aliphatic heterocycles. The van der Waals surface area contributed by atoms with Gasteiger partial charge in [0, 0.05) is 0 Å². The molecule has 0 aromatic carbocycles. The van der Waals surface area contributed by atoms with Crippen molar-refractivity contribution in [1.29, 1.82) is 0 Å². The maximum Gasteiger partial charge on any atom is 0.319 e. The van der Waals surface area contributed by atoms with E-state index in [2.05, 4.69) is 10.3 Å². The molecule has 0 fully saturated rings. The maximum atomic E-state index is 12.3. The molecule has 0 spiro atoms. The van der Waals surface area contributed by atoms with Gasteiger partial charge in [0.15, 0.2) is 6.39 Å². The van der Waals surface area contributed by atoms with Crippen molar-refractivity contribution < 1.29 is 22.0 Å². The highest BCUT2D eigenvalue weighted by Crippen LogP contribution is 2.21. The van der Waals surface area contributed by atoms with Crippen LogP contribution in [0.5, 0.6) is 0 Å². The first-order valence-corrected chi connectivity index (χ1v) is 3.76. The van der Waals surface area contributed by atoms with Gasteiger partial charge < -0.3 is 9.73 Å². The summed E-state index contributed by atoms with van der Waals surface area (Å²) in [5.74, 6) is -3.70. The van der Waals surface area contributed by atoms with Gasteiger partial charge in [0.2, 0.25) is 0 Å². The molecule has 0 bridgehead atoms. The van der Waals surface area contributed by atoms with Gasteiger partial charge in [-0.1, -0.05) is 0 Å². The molecule has 0 unspecified atom stereocenters. The van der Waals surface area contributed by atoms with Crippen molar-refractivity contribution in [3.63, 3.8) is 0 Å². The normalized spacial score (nSPS) is 12.4. The van der Waals surface area contributed by atoms with Gasteiger partial charge in [0.25, 0.3) is 0 Å². The molecule has 14 heavy (non-hydrogen) atoms. The lowest BCUT2D eigenvalue weighted by Gasteiger charge is -2.14. The summed E-state index contributed by atoms with van der Waals surface area (Å²) in [6, 6.07) is 0. The van der Waals surface area contributed by atoms with Crippen LogP contribution in [-0.2, 0) is 6.54 Å². The van der Waals surface area contributed by atoms with E-state index in [1.165, 1.54) is 6.20 Å². The van der Waals surface area contributed by atoms with Crippen LogP contribution in [0.4, 0.5) is 17.6 Å². The fraction of sp³-hybridized carbons (Fsp3) is 0.571. The van der Waals surface area contributed by atoms with Crippen molar-refractivity contribution in [1.82, 2.24) is 10.3 Å². The molecule has 7 heteroatoms. The van der Waals surface area contributed by atoms with Gasteiger partial charge in [0.1, 0.15) is 5.76 Å². The predicted molar refractivity (Wildman–Crippen MR) is 39.2 cm³/mol. The van der Waals surface area contributed by atoms with Gasteiger partial charge >= 0.3 is 12.3 Å². The van der Waals surface area contributed by atoms with Crippen molar-refractivity contribution >= 4 is 0 Å². The number of hydrogen-bond donors (Lipinski definition) is 1. The largest absolute Gasteiger partial charge is 0.447 e. The molecular weight excluding hydrogens is 204 g/mol. The van der Waals surface area contributed by atoms with Crippen LogP contribution < -0.4 is 5.32 Å². The molecule has 0 atom stereocenters. The number of hydrogen-bond acceptors (Lipinski definition) is 3. The van der Waals surface area contributed by atoms with Gasteiger partial charge in [-0.25, -0.2) is 13.8 Å². The summed E-state index contributed by atoms with van der Waals surface area (Å²) in [6.07, 6.45) is -1.22. The lowest BCUT2D eigenvalue weighted by Crippen LogP contribution is -2.38. The van der Waals surface area contributed by atoms with E-state index >= 15 is 0 Å². The van der Waals surface area contributed by atoms with E-state index in [1.54, 1.807) is 0 Å². The van der Waals surface area contributed by atoms with E-state index in [4.69, 9.17) is 4.42 Å². The summed E-state index contributed by atoms with van der Waals surface area (Å²) in [4.78, 5) is 3.53. The highest BCUT2D eigenvalue weighted by Gasteiger charge is 2.39. The first-order valence-electron chi connectivity index (χ1n) is 3.76. The first kappa shape index (κ1) is 11.0. The van der Waals surface area contributed by atoms with Crippen LogP contribution >= 0.6 is 0 Å². The third-order valence-corrected chi connectivity index (χ3v) is 1.46. The third-order valence-electron chi connectivity index (χ3n) is 1.46. The Hall–Kier alpha value is -1.11. The number of aromatic nitrogens is 1. The number of nitrogens with one attached hydrogen (secondary N) is 1. The van der Waals surface area contributed by atoms with Crippen LogP contribution in [0, 0.1) is 0 Å². The second-order valence-corrected chi connectivity index (χ2v) is 2.63. The van der Waals surface area contributed by atoms with E-state index < -0.39 is 18.9 Å². The number of oxazole rings is 1. The highest BCUT2D eigenvalue weighted by molar-refractivity contribution is 4.87. The van der Waals surface area contributed by atoms with E-state index in [1.807, 2.05) is 0 Å². The standard InChI is InChI=1S/C7H8F4N2O/c8-6(9)7(10,11)3-12-1-5-2-13-4-14-5/h2,4,6,12H,1,3H2. The molecule has 0 amide bonds. The second kappa shape index (κ2) is 4.41. The lowest BCUT2D eigenvalue weighted by atomic mass is 10.3. The fourth-order valence-corrected chi connectivity index (χ4v) is 0.759. The van der Waals surface area contributed by atoms with Gasteiger partial charge in [-0.05, 0) is 0 Å². The van der Waals surface area contributed by atoms with Gasteiger partial charge in [-0.15, -0.1) is 0 Å². The highest BCUT2D eigenvalue weighted by atomic mass is 19.3. The topological polar surface area (TPSA) is 38.1 Å². The second-order valence-electron chi connectivity index (χ2n) is 2.63. The molecule has 3 nitrogen and oxygen atoms in total. The Kier molecular flexibility index (Phi) is 3.45. The molecule has 1 aromatic rings. The van der Waals surface area contributed by atoms with Gasteiger partial charge in [-0.3, -0.25) is 0 Å². The minimum absolute atomic E-state index is 0.0533. The van der Waals surface area contributed by atoms with Gasteiger partial charge in [0.05, 0.1) is 19.3 Å². The molecule has 1 heterocycles. The summed E-state index contributed by atoms with van der Waals surface area (Å²) >= 11 is 0. The van der Waals surface area contributed by atoms with Gasteiger partial charge in [-0.2, -0.15) is 8.78 Å². The molecule has 1 N–H and O–H groups in total. The average Bonchev–Trinajstić information content (AvgIpc) is 2.56. The van der Waals surface area contributed by atoms with Crippen LogP contribution in [0.1, 0.15) is 5.76 Å². The summed E-state index contributed by atoms with van der Waals surface area (Å²) in [6.45, 7) is -1.15. The Morgan fingerprint density at radius 3 is 2.71 bits per heavy atom. The van der Waals surface area contributed by atoms with Crippen LogP contribution in [0.15, 0.2) is 17.0 Å². The molecular formula is C7H8F4N2O. The number of rotatable bonds is 5. The number of alkyl halides is 4. The molecule has 80 valence electrons. The Bertz CT molecular complexity index is 263. The van der Waals surface area contributed by atoms with E-state index in [9.17, 15) is 17.6 Å². The van der Waals surface area contributed by atoms with E-state index in [0.717, 1.165) is 6.39 Å². The molecule has 0 radical (unpaired) electrons. The quantitative estimate of drug-likeness (QED) is 0.754. The van der Waals surface area contributed by atoms with Crippen molar-refractivity contribution in [3.05, 3.63) is 18.4 Å². The summed E-state index contributed by atoms with van der Waals surface area (Å²) in [5, 5.41) is 2.15. The van der Waals surface area contributed by atoms with Crippen LogP contribution in [0.3, 0.4) is 0 Å². The Labute approximate surface area is 77.1 Å². The van der Waals surface area contributed by atoms with Crippen LogP contribution in [-0.4, -0.2) is 23.9 Å².